The predicted octanol–water partition coefficient (Wildman–Crippen LogP) is 3.58. The molecule has 0 aliphatic carbocycles. The van der Waals surface area contributed by atoms with Crippen molar-refractivity contribution in [2.24, 2.45) is 0 Å². The number of alkyl carbamates (subject to hydrolysis) is 1. The Kier molecular flexibility index (Phi) is 5.79. The molecular formula is C15H18ClNO4. The van der Waals surface area contributed by atoms with Crippen LogP contribution < -0.4 is 5.32 Å². The van der Waals surface area contributed by atoms with E-state index in [0.29, 0.717) is 10.6 Å². The van der Waals surface area contributed by atoms with E-state index in [-0.39, 0.29) is 12.1 Å². The minimum Gasteiger partial charge on any atom is -0.478 e. The van der Waals surface area contributed by atoms with E-state index in [1.807, 2.05) is 0 Å². The highest BCUT2D eigenvalue weighted by Crippen LogP contribution is 2.16. The van der Waals surface area contributed by atoms with Crippen LogP contribution in [0.5, 0.6) is 0 Å². The summed E-state index contributed by atoms with van der Waals surface area (Å²) in [6.45, 7) is 5.61. The van der Waals surface area contributed by atoms with Gasteiger partial charge in [0.1, 0.15) is 5.60 Å². The van der Waals surface area contributed by atoms with Gasteiger partial charge in [0.25, 0.3) is 0 Å². The molecule has 0 unspecified atom stereocenters. The molecule has 6 heteroatoms. The summed E-state index contributed by atoms with van der Waals surface area (Å²) in [5.41, 5.74) is 0.213. The van der Waals surface area contributed by atoms with Crippen LogP contribution in [-0.2, 0) is 4.74 Å². The smallest absolute Gasteiger partial charge is 0.407 e. The Bertz CT molecular complexity index is 561. The van der Waals surface area contributed by atoms with Crippen molar-refractivity contribution in [3.63, 3.8) is 0 Å². The quantitative estimate of drug-likeness (QED) is 0.891. The van der Waals surface area contributed by atoms with Crippen LogP contribution in [0.1, 0.15) is 36.7 Å². The van der Waals surface area contributed by atoms with Crippen LogP contribution in [-0.4, -0.2) is 29.3 Å². The van der Waals surface area contributed by atoms with Gasteiger partial charge in [-0.25, -0.2) is 9.59 Å². The van der Waals surface area contributed by atoms with E-state index in [1.165, 1.54) is 12.1 Å². The number of carboxylic acids is 1. The van der Waals surface area contributed by atoms with Gasteiger partial charge in [0, 0.05) is 11.6 Å². The number of benzene rings is 1. The normalized spacial score (nSPS) is 11.4. The number of halogens is 1. The number of nitrogens with one attached hydrogen (secondary N) is 1. The van der Waals surface area contributed by atoms with Crippen LogP contribution in [0.4, 0.5) is 4.79 Å². The maximum atomic E-state index is 11.4. The number of aromatic carboxylic acids is 1. The molecule has 5 nitrogen and oxygen atoms in total. The van der Waals surface area contributed by atoms with Gasteiger partial charge >= 0.3 is 12.1 Å². The van der Waals surface area contributed by atoms with Crippen molar-refractivity contribution in [2.75, 3.05) is 6.54 Å². The lowest BCUT2D eigenvalue weighted by atomic mass is 10.1. The number of ether oxygens (including phenoxy) is 1. The molecule has 0 radical (unpaired) electrons. The van der Waals surface area contributed by atoms with Crippen LogP contribution in [0.25, 0.3) is 6.08 Å². The summed E-state index contributed by atoms with van der Waals surface area (Å²) in [5, 5.41) is 11.8. The lowest BCUT2D eigenvalue weighted by Crippen LogP contribution is -2.32. The van der Waals surface area contributed by atoms with Crippen molar-refractivity contribution in [2.45, 2.75) is 26.4 Å². The van der Waals surface area contributed by atoms with Gasteiger partial charge < -0.3 is 15.2 Å². The second-order valence-electron chi connectivity index (χ2n) is 5.36. The third-order valence-electron chi connectivity index (χ3n) is 2.24. The molecule has 0 aliphatic rings. The van der Waals surface area contributed by atoms with Crippen LogP contribution in [0.3, 0.4) is 0 Å². The highest BCUT2D eigenvalue weighted by atomic mass is 35.5. The van der Waals surface area contributed by atoms with Crippen LogP contribution in [0.15, 0.2) is 24.3 Å². The van der Waals surface area contributed by atoms with Crippen molar-refractivity contribution in [3.8, 4) is 0 Å². The summed E-state index contributed by atoms with van der Waals surface area (Å²) >= 11 is 5.84. The van der Waals surface area contributed by atoms with Crippen molar-refractivity contribution in [1.29, 1.82) is 0 Å². The summed E-state index contributed by atoms with van der Waals surface area (Å²) in [6.07, 6.45) is 2.85. The fourth-order valence-electron chi connectivity index (χ4n) is 1.48. The van der Waals surface area contributed by atoms with Gasteiger partial charge in [0.2, 0.25) is 0 Å². The average Bonchev–Trinajstić information content (AvgIpc) is 2.31. The van der Waals surface area contributed by atoms with Gasteiger partial charge in [0.15, 0.2) is 0 Å². The van der Waals surface area contributed by atoms with E-state index < -0.39 is 17.7 Å². The van der Waals surface area contributed by atoms with Crippen molar-refractivity contribution in [3.05, 3.63) is 40.4 Å². The Morgan fingerprint density at radius 1 is 1.33 bits per heavy atom. The number of carbonyl (C=O) groups is 2. The number of rotatable bonds is 4. The molecule has 0 saturated carbocycles. The van der Waals surface area contributed by atoms with Gasteiger partial charge in [-0.3, -0.25) is 0 Å². The Morgan fingerprint density at radius 3 is 2.57 bits per heavy atom. The highest BCUT2D eigenvalue weighted by molar-refractivity contribution is 6.31. The first kappa shape index (κ1) is 17.0. The largest absolute Gasteiger partial charge is 0.478 e. The van der Waals surface area contributed by atoms with Crippen LogP contribution in [0, 0.1) is 0 Å². The number of carboxylic acid groups (broad SMARTS) is 1. The Balaban J connectivity index is 2.58. The molecular weight excluding hydrogens is 294 g/mol. The molecule has 21 heavy (non-hydrogen) atoms. The van der Waals surface area contributed by atoms with Gasteiger partial charge in [-0.15, -0.1) is 0 Å². The lowest BCUT2D eigenvalue weighted by Gasteiger charge is -2.19. The topological polar surface area (TPSA) is 75.6 Å². The molecule has 0 atom stereocenters. The maximum absolute atomic E-state index is 11.4. The molecule has 1 aromatic rings. The first-order valence-corrected chi connectivity index (χ1v) is 6.72. The van der Waals surface area contributed by atoms with Gasteiger partial charge in [-0.1, -0.05) is 23.8 Å². The number of carbonyl (C=O) groups excluding carboxylic acids is 1. The SMILES string of the molecule is CC(C)(C)OC(=O)NCC=Cc1cc(Cl)cc(C(=O)O)c1. The average molecular weight is 312 g/mol. The molecule has 0 bridgehead atoms. The monoisotopic (exact) mass is 311 g/mol. The molecule has 0 aromatic heterocycles. The van der Waals surface area contributed by atoms with Gasteiger partial charge in [0.05, 0.1) is 5.56 Å². The fourth-order valence-corrected chi connectivity index (χ4v) is 1.73. The zero-order valence-corrected chi connectivity index (χ0v) is 12.9. The highest BCUT2D eigenvalue weighted by Gasteiger charge is 2.14. The van der Waals surface area contributed by atoms with Gasteiger partial charge in [-0.05, 0) is 44.5 Å². The molecule has 1 amide bonds. The molecule has 1 rings (SSSR count). The second kappa shape index (κ2) is 7.13. The molecule has 0 aliphatic heterocycles. The fraction of sp³-hybridized carbons (Fsp3) is 0.333. The maximum Gasteiger partial charge on any atom is 0.407 e. The van der Waals surface area contributed by atoms with E-state index in [0.717, 1.165) is 0 Å². The second-order valence-corrected chi connectivity index (χ2v) is 5.80. The first-order chi connectivity index (χ1) is 9.67. The minimum absolute atomic E-state index is 0.113. The van der Waals surface area contributed by atoms with E-state index in [4.69, 9.17) is 21.4 Å². The zero-order chi connectivity index (χ0) is 16.0. The molecule has 0 spiro atoms. The summed E-state index contributed by atoms with van der Waals surface area (Å²) < 4.78 is 5.08. The lowest BCUT2D eigenvalue weighted by molar-refractivity contribution is 0.0533. The third-order valence-corrected chi connectivity index (χ3v) is 2.46. The minimum atomic E-state index is -1.04. The molecule has 114 valence electrons. The van der Waals surface area contributed by atoms with Crippen LogP contribution >= 0.6 is 11.6 Å². The van der Waals surface area contributed by atoms with Crippen molar-refractivity contribution >= 4 is 29.7 Å². The third kappa shape index (κ3) is 6.81. The van der Waals surface area contributed by atoms with Crippen LogP contribution in [0.2, 0.25) is 5.02 Å². The first-order valence-electron chi connectivity index (χ1n) is 6.34. The predicted molar refractivity (Wildman–Crippen MR) is 81.7 cm³/mol. The molecule has 0 saturated heterocycles. The summed E-state index contributed by atoms with van der Waals surface area (Å²) in [6, 6.07) is 4.51. The van der Waals surface area contributed by atoms with Crippen molar-refractivity contribution < 1.29 is 19.4 Å². The molecule has 1 aromatic carbocycles. The van der Waals surface area contributed by atoms with E-state index in [2.05, 4.69) is 5.32 Å². The molecule has 0 heterocycles. The standard InChI is InChI=1S/C15H18ClNO4/c1-15(2,3)21-14(20)17-6-4-5-10-7-11(13(18)19)9-12(16)8-10/h4-5,7-9H,6H2,1-3H3,(H,17,20)(H,18,19). The van der Waals surface area contributed by atoms with E-state index >= 15 is 0 Å². The number of hydrogen-bond acceptors (Lipinski definition) is 3. The Hall–Kier alpha value is -2.01. The molecule has 2 N–H and O–H groups in total. The number of amides is 1. The summed E-state index contributed by atoms with van der Waals surface area (Å²) in [7, 11) is 0. The van der Waals surface area contributed by atoms with Gasteiger partial charge in [-0.2, -0.15) is 0 Å². The van der Waals surface area contributed by atoms with E-state index in [1.54, 1.807) is 39.0 Å². The summed E-state index contributed by atoms with van der Waals surface area (Å²) in [4.78, 5) is 22.3. The zero-order valence-electron chi connectivity index (χ0n) is 12.1. The number of hydrogen-bond donors (Lipinski definition) is 2. The summed E-state index contributed by atoms with van der Waals surface area (Å²) in [5.74, 6) is -1.04. The Morgan fingerprint density at radius 2 is 2.00 bits per heavy atom. The van der Waals surface area contributed by atoms with Crippen molar-refractivity contribution in [1.82, 2.24) is 5.32 Å². The molecule has 0 fully saturated rings. The Labute approximate surface area is 128 Å². The van der Waals surface area contributed by atoms with E-state index in [9.17, 15) is 9.59 Å².